The number of amides is 3. The molecule has 1 heterocycles. The van der Waals surface area contributed by atoms with E-state index in [0.29, 0.717) is 16.9 Å². The van der Waals surface area contributed by atoms with Crippen LogP contribution in [0.1, 0.15) is 10.4 Å². The summed E-state index contributed by atoms with van der Waals surface area (Å²) in [6, 6.07) is 9.84. The first-order valence-corrected chi connectivity index (χ1v) is 6.36. The molecule has 3 amide bonds. The zero-order chi connectivity index (χ0) is 15.2. The normalized spacial score (nSPS) is 9.81. The van der Waals surface area contributed by atoms with E-state index in [-0.39, 0.29) is 5.91 Å². The molecule has 1 aromatic carbocycles. The smallest absolute Gasteiger partial charge is 0.323 e. The molecule has 1 aromatic heterocycles. The molecule has 2 aromatic rings. The summed E-state index contributed by atoms with van der Waals surface area (Å²) in [5.41, 5.74) is 1.65. The Balaban J connectivity index is 2.04. The lowest BCUT2D eigenvalue weighted by Gasteiger charge is -2.12. The zero-order valence-electron chi connectivity index (χ0n) is 11.8. The van der Waals surface area contributed by atoms with E-state index in [1.54, 1.807) is 62.9 Å². The average Bonchev–Trinajstić information content (AvgIpc) is 2.47. The van der Waals surface area contributed by atoms with Crippen molar-refractivity contribution in [3.8, 4) is 0 Å². The number of pyridine rings is 1. The summed E-state index contributed by atoms with van der Waals surface area (Å²) in [5.74, 6) is -0.119. The molecule has 0 radical (unpaired) electrons. The number of nitrogens with one attached hydrogen (secondary N) is 2. The van der Waals surface area contributed by atoms with Gasteiger partial charge in [-0.3, -0.25) is 9.78 Å². The molecule has 0 bridgehead atoms. The molecule has 0 spiro atoms. The van der Waals surface area contributed by atoms with Crippen LogP contribution in [0.15, 0.2) is 48.8 Å². The van der Waals surface area contributed by atoms with E-state index in [9.17, 15) is 9.59 Å². The Morgan fingerprint density at radius 3 is 2.43 bits per heavy atom. The molecule has 2 rings (SSSR count). The van der Waals surface area contributed by atoms with Crippen molar-refractivity contribution in [3.63, 3.8) is 0 Å². The molecule has 0 saturated carbocycles. The molecule has 6 heteroatoms. The first-order valence-electron chi connectivity index (χ1n) is 6.36. The summed E-state index contributed by atoms with van der Waals surface area (Å²) in [7, 11) is 3.36. The van der Waals surface area contributed by atoms with E-state index in [1.165, 1.54) is 4.90 Å². The molecule has 0 aliphatic rings. The Kier molecular flexibility index (Phi) is 4.50. The van der Waals surface area contributed by atoms with Crippen molar-refractivity contribution in [2.75, 3.05) is 24.7 Å². The Labute approximate surface area is 122 Å². The second-order valence-electron chi connectivity index (χ2n) is 4.60. The summed E-state index contributed by atoms with van der Waals surface area (Å²) in [4.78, 5) is 29.1. The monoisotopic (exact) mass is 284 g/mol. The summed E-state index contributed by atoms with van der Waals surface area (Å²) in [5, 5.41) is 5.33. The van der Waals surface area contributed by atoms with Gasteiger partial charge in [-0.15, -0.1) is 0 Å². The molecule has 0 saturated heterocycles. The fraction of sp³-hybridized carbons (Fsp3) is 0.133. The van der Waals surface area contributed by atoms with Gasteiger partial charge in [-0.2, -0.15) is 0 Å². The molecule has 0 unspecified atom stereocenters. The Morgan fingerprint density at radius 1 is 1.05 bits per heavy atom. The number of aromatic nitrogens is 1. The van der Waals surface area contributed by atoms with Crippen LogP contribution in [0.4, 0.5) is 16.2 Å². The van der Waals surface area contributed by atoms with Crippen LogP contribution in [0, 0.1) is 0 Å². The lowest BCUT2D eigenvalue weighted by molar-refractivity contribution is 0.0827. The van der Waals surface area contributed by atoms with Gasteiger partial charge in [0.2, 0.25) is 0 Å². The van der Waals surface area contributed by atoms with E-state index >= 15 is 0 Å². The van der Waals surface area contributed by atoms with Gasteiger partial charge in [0.25, 0.3) is 5.91 Å². The Morgan fingerprint density at radius 2 is 1.76 bits per heavy atom. The fourth-order valence-corrected chi connectivity index (χ4v) is 1.72. The maximum absolute atomic E-state index is 11.9. The highest BCUT2D eigenvalue weighted by molar-refractivity contribution is 6.01. The van der Waals surface area contributed by atoms with E-state index in [2.05, 4.69) is 15.6 Å². The minimum atomic E-state index is -0.391. The van der Waals surface area contributed by atoms with Gasteiger partial charge in [0.15, 0.2) is 0 Å². The van der Waals surface area contributed by atoms with Gasteiger partial charge in [0.05, 0.1) is 11.9 Å². The summed E-state index contributed by atoms with van der Waals surface area (Å²) < 4.78 is 0. The SMILES string of the molecule is CN(C)C(=O)c1cccc(NC(=O)Nc2cccnc2)c1. The first-order chi connectivity index (χ1) is 10.1. The number of benzene rings is 1. The van der Waals surface area contributed by atoms with Crippen LogP contribution in [0.3, 0.4) is 0 Å². The lowest BCUT2D eigenvalue weighted by atomic mass is 10.2. The van der Waals surface area contributed by atoms with Crippen LogP contribution in [0.5, 0.6) is 0 Å². The van der Waals surface area contributed by atoms with Gasteiger partial charge in [0, 0.05) is 31.5 Å². The molecule has 6 nitrogen and oxygen atoms in total. The number of urea groups is 1. The predicted molar refractivity (Wildman–Crippen MR) is 81.3 cm³/mol. The van der Waals surface area contributed by atoms with Crippen molar-refractivity contribution in [3.05, 3.63) is 54.4 Å². The maximum atomic E-state index is 11.9. The van der Waals surface area contributed by atoms with Crippen molar-refractivity contribution in [1.29, 1.82) is 0 Å². The van der Waals surface area contributed by atoms with Crippen molar-refractivity contribution < 1.29 is 9.59 Å². The number of carbonyl (C=O) groups is 2. The van der Waals surface area contributed by atoms with E-state index in [4.69, 9.17) is 0 Å². The highest BCUT2D eigenvalue weighted by Gasteiger charge is 2.09. The molecular weight excluding hydrogens is 268 g/mol. The number of hydrogen-bond donors (Lipinski definition) is 2. The zero-order valence-corrected chi connectivity index (χ0v) is 11.8. The van der Waals surface area contributed by atoms with Gasteiger partial charge in [-0.25, -0.2) is 4.79 Å². The second kappa shape index (κ2) is 6.51. The van der Waals surface area contributed by atoms with Crippen LogP contribution in [-0.4, -0.2) is 35.9 Å². The number of carbonyl (C=O) groups excluding carboxylic acids is 2. The second-order valence-corrected chi connectivity index (χ2v) is 4.60. The molecule has 0 atom stereocenters. The van der Waals surface area contributed by atoms with Gasteiger partial charge in [-0.1, -0.05) is 6.07 Å². The van der Waals surface area contributed by atoms with Gasteiger partial charge >= 0.3 is 6.03 Å². The Bertz CT molecular complexity index is 641. The van der Waals surface area contributed by atoms with Crippen molar-refractivity contribution in [2.24, 2.45) is 0 Å². The highest BCUT2D eigenvalue weighted by Crippen LogP contribution is 2.13. The van der Waals surface area contributed by atoms with Crippen LogP contribution in [0.2, 0.25) is 0 Å². The van der Waals surface area contributed by atoms with Crippen LogP contribution < -0.4 is 10.6 Å². The van der Waals surface area contributed by atoms with E-state index in [1.807, 2.05) is 0 Å². The number of rotatable bonds is 3. The minimum Gasteiger partial charge on any atom is -0.345 e. The van der Waals surface area contributed by atoms with Crippen molar-refractivity contribution in [2.45, 2.75) is 0 Å². The van der Waals surface area contributed by atoms with Crippen molar-refractivity contribution in [1.82, 2.24) is 9.88 Å². The molecular formula is C15H16N4O2. The van der Waals surface area contributed by atoms with Gasteiger partial charge in [-0.05, 0) is 30.3 Å². The standard InChI is InChI=1S/C15H16N4O2/c1-19(2)14(20)11-5-3-6-12(9-11)17-15(21)18-13-7-4-8-16-10-13/h3-10H,1-2H3,(H2,17,18,21). The van der Waals surface area contributed by atoms with Gasteiger partial charge < -0.3 is 15.5 Å². The van der Waals surface area contributed by atoms with Crippen molar-refractivity contribution >= 4 is 23.3 Å². The largest absolute Gasteiger partial charge is 0.345 e. The summed E-state index contributed by atoms with van der Waals surface area (Å²) >= 11 is 0. The molecule has 0 fully saturated rings. The third kappa shape index (κ3) is 4.04. The summed E-state index contributed by atoms with van der Waals surface area (Å²) in [6.07, 6.45) is 3.17. The number of nitrogens with zero attached hydrogens (tertiary/aromatic N) is 2. The average molecular weight is 284 g/mol. The Hall–Kier alpha value is -2.89. The van der Waals surface area contributed by atoms with Crippen LogP contribution in [-0.2, 0) is 0 Å². The first kappa shape index (κ1) is 14.5. The molecule has 108 valence electrons. The minimum absolute atomic E-state index is 0.119. The van der Waals surface area contributed by atoms with Crippen LogP contribution in [0.25, 0.3) is 0 Å². The quantitative estimate of drug-likeness (QED) is 0.909. The molecule has 21 heavy (non-hydrogen) atoms. The molecule has 0 aliphatic heterocycles. The topological polar surface area (TPSA) is 74.3 Å². The fourth-order valence-electron chi connectivity index (χ4n) is 1.72. The molecule has 0 aliphatic carbocycles. The third-order valence-corrected chi connectivity index (χ3v) is 2.69. The third-order valence-electron chi connectivity index (χ3n) is 2.69. The highest BCUT2D eigenvalue weighted by atomic mass is 16.2. The molecule has 2 N–H and O–H groups in total. The van der Waals surface area contributed by atoms with E-state index in [0.717, 1.165) is 0 Å². The van der Waals surface area contributed by atoms with E-state index < -0.39 is 6.03 Å². The lowest BCUT2D eigenvalue weighted by Crippen LogP contribution is -2.22. The number of hydrogen-bond acceptors (Lipinski definition) is 3. The predicted octanol–water partition coefficient (Wildman–Crippen LogP) is 2.43. The maximum Gasteiger partial charge on any atom is 0.323 e. The number of anilines is 2. The summed E-state index contributed by atoms with van der Waals surface area (Å²) in [6.45, 7) is 0. The van der Waals surface area contributed by atoms with Crippen LogP contribution >= 0.6 is 0 Å². The van der Waals surface area contributed by atoms with Gasteiger partial charge in [0.1, 0.15) is 0 Å².